The van der Waals surface area contributed by atoms with Crippen LogP contribution < -0.4 is 0 Å². The molecule has 0 spiro atoms. The smallest absolute Gasteiger partial charge is 0.141 e. The molecule has 0 saturated carbocycles. The second kappa shape index (κ2) is 4.14. The normalized spacial score (nSPS) is 11.4. The zero-order valence-corrected chi connectivity index (χ0v) is 8.94. The first-order valence-corrected chi connectivity index (χ1v) is 5.84. The van der Waals surface area contributed by atoms with Crippen LogP contribution in [-0.2, 0) is 10.0 Å². The van der Waals surface area contributed by atoms with E-state index in [2.05, 4.69) is 4.72 Å². The van der Waals surface area contributed by atoms with Crippen molar-refractivity contribution in [1.29, 1.82) is 0 Å². The summed E-state index contributed by atoms with van der Waals surface area (Å²) in [7, 11) is -3.46. The molecule has 0 aliphatic heterocycles. The molecule has 78 valence electrons. The first-order chi connectivity index (χ1) is 6.44. The number of rotatable bonds is 3. The van der Waals surface area contributed by atoms with E-state index in [9.17, 15) is 12.8 Å². The lowest BCUT2D eigenvalue weighted by Crippen LogP contribution is -1.98. The third-order valence-electron chi connectivity index (χ3n) is 1.51. The quantitative estimate of drug-likeness (QED) is 0.810. The summed E-state index contributed by atoms with van der Waals surface area (Å²) >= 11 is 5.46. The van der Waals surface area contributed by atoms with E-state index in [1.165, 1.54) is 19.1 Å². The third kappa shape index (κ3) is 2.85. The molecule has 6 heteroatoms. The maximum atomic E-state index is 12.7. The summed E-state index contributed by atoms with van der Waals surface area (Å²) < 4.78 is 38.2. The van der Waals surface area contributed by atoms with Gasteiger partial charge in [-0.25, -0.2) is 12.8 Å². The van der Waals surface area contributed by atoms with E-state index in [0.29, 0.717) is 0 Å². The fourth-order valence-electron chi connectivity index (χ4n) is 0.767. The number of nitrogens with zero attached hydrogens (tertiary/aromatic N) is 1. The number of hydrogen-bond acceptors (Lipinski definition) is 2. The Morgan fingerprint density at radius 1 is 1.50 bits per heavy atom. The number of benzene rings is 1. The van der Waals surface area contributed by atoms with Crippen LogP contribution in [0.3, 0.4) is 0 Å². The zero-order valence-electron chi connectivity index (χ0n) is 7.37. The standard InChI is InChI=1S/C8H8ClFNO2S/c1-2-14(12,13)11-6-3-4-8(10)7(9)5-6/h3-5H,2H2,1H3/q-1. The Kier molecular flexibility index (Phi) is 3.34. The van der Waals surface area contributed by atoms with Gasteiger partial charge in [0, 0.05) is 5.75 Å². The summed E-state index contributed by atoms with van der Waals surface area (Å²) in [5.74, 6) is -0.693. The lowest BCUT2D eigenvalue weighted by molar-refractivity contribution is 0.604. The monoisotopic (exact) mass is 236 g/mol. The van der Waals surface area contributed by atoms with E-state index < -0.39 is 15.8 Å². The maximum absolute atomic E-state index is 12.7. The van der Waals surface area contributed by atoms with Crippen molar-refractivity contribution in [3.63, 3.8) is 0 Å². The van der Waals surface area contributed by atoms with Gasteiger partial charge >= 0.3 is 0 Å². The van der Waals surface area contributed by atoms with Crippen molar-refractivity contribution >= 4 is 27.3 Å². The highest BCUT2D eigenvalue weighted by molar-refractivity contribution is 7.94. The van der Waals surface area contributed by atoms with Gasteiger partial charge in [-0.1, -0.05) is 30.7 Å². The molecule has 1 aromatic rings. The van der Waals surface area contributed by atoms with Gasteiger partial charge in [-0.3, -0.25) is 0 Å². The fraction of sp³-hybridized carbons (Fsp3) is 0.250. The molecule has 0 radical (unpaired) electrons. The van der Waals surface area contributed by atoms with Gasteiger partial charge in [0.1, 0.15) is 5.82 Å². The molecular weight excluding hydrogens is 229 g/mol. The predicted octanol–water partition coefficient (Wildman–Crippen LogP) is 2.83. The largest absolute Gasteiger partial charge is 0.577 e. The molecule has 0 saturated heterocycles. The SMILES string of the molecule is CCS(=O)(=O)[N-]c1ccc(F)c(Cl)c1. The van der Waals surface area contributed by atoms with Crippen LogP contribution in [0.2, 0.25) is 5.02 Å². The van der Waals surface area contributed by atoms with Gasteiger partial charge in [0.2, 0.25) is 0 Å². The summed E-state index contributed by atoms with van der Waals surface area (Å²) in [6, 6.07) is 3.50. The molecule has 0 aliphatic rings. The molecule has 1 rings (SSSR count). The van der Waals surface area contributed by atoms with Crippen LogP contribution in [-0.4, -0.2) is 14.2 Å². The van der Waals surface area contributed by atoms with Crippen molar-refractivity contribution in [2.45, 2.75) is 6.92 Å². The highest BCUT2D eigenvalue weighted by Crippen LogP contribution is 2.27. The third-order valence-corrected chi connectivity index (χ3v) is 3.02. The van der Waals surface area contributed by atoms with Gasteiger partial charge in [-0.2, -0.15) is 0 Å². The molecule has 14 heavy (non-hydrogen) atoms. The average Bonchev–Trinajstić information content (AvgIpc) is 2.11. The van der Waals surface area contributed by atoms with Crippen molar-refractivity contribution in [2.75, 3.05) is 5.75 Å². The zero-order chi connectivity index (χ0) is 10.8. The van der Waals surface area contributed by atoms with E-state index in [-0.39, 0.29) is 16.5 Å². The Labute approximate surface area is 86.9 Å². The van der Waals surface area contributed by atoms with Crippen molar-refractivity contribution in [2.24, 2.45) is 0 Å². The van der Waals surface area contributed by atoms with E-state index in [1.807, 2.05) is 0 Å². The Morgan fingerprint density at radius 2 is 2.14 bits per heavy atom. The molecule has 1 aromatic carbocycles. The number of sulfonamides is 1. The molecule has 0 atom stereocenters. The summed E-state index contributed by atoms with van der Waals surface area (Å²) in [4.78, 5) is 0. The van der Waals surface area contributed by atoms with Gasteiger partial charge in [0.15, 0.2) is 0 Å². The summed E-state index contributed by atoms with van der Waals surface area (Å²) in [6.45, 7) is 1.48. The highest BCUT2D eigenvalue weighted by Gasteiger charge is 1.98. The number of halogens is 2. The Morgan fingerprint density at radius 3 is 2.64 bits per heavy atom. The summed E-state index contributed by atoms with van der Waals surface area (Å²) in [5.41, 5.74) is 0.137. The summed E-state index contributed by atoms with van der Waals surface area (Å²) in [5, 5.41) is -0.141. The second-order valence-corrected chi connectivity index (χ2v) is 4.89. The van der Waals surface area contributed by atoms with Crippen LogP contribution in [0.1, 0.15) is 6.92 Å². The van der Waals surface area contributed by atoms with Crippen LogP contribution in [0.5, 0.6) is 0 Å². The average molecular weight is 237 g/mol. The Bertz CT molecular complexity index is 433. The number of hydrogen-bond donors (Lipinski definition) is 0. The van der Waals surface area contributed by atoms with Crippen LogP contribution in [0.4, 0.5) is 10.1 Å². The molecule has 0 bridgehead atoms. The molecular formula is C8H8ClFNO2S-. The van der Waals surface area contributed by atoms with Gasteiger partial charge in [-0.15, -0.1) is 5.69 Å². The maximum Gasteiger partial charge on any atom is 0.141 e. The van der Waals surface area contributed by atoms with Crippen LogP contribution in [0.25, 0.3) is 4.72 Å². The molecule has 0 aromatic heterocycles. The molecule has 3 nitrogen and oxygen atoms in total. The van der Waals surface area contributed by atoms with Gasteiger partial charge in [0.05, 0.1) is 15.0 Å². The minimum Gasteiger partial charge on any atom is -0.577 e. The fourth-order valence-corrected chi connectivity index (χ4v) is 1.51. The molecule has 0 amide bonds. The van der Waals surface area contributed by atoms with Gasteiger partial charge in [-0.05, 0) is 6.07 Å². The minimum absolute atomic E-state index is 0.0952. The molecule has 0 aliphatic carbocycles. The Hall–Kier alpha value is -0.810. The van der Waals surface area contributed by atoms with E-state index in [4.69, 9.17) is 11.6 Å². The van der Waals surface area contributed by atoms with Gasteiger partial charge in [0.25, 0.3) is 0 Å². The van der Waals surface area contributed by atoms with E-state index in [1.54, 1.807) is 0 Å². The van der Waals surface area contributed by atoms with Crippen LogP contribution >= 0.6 is 11.6 Å². The first-order valence-electron chi connectivity index (χ1n) is 3.85. The predicted molar refractivity (Wildman–Crippen MR) is 53.9 cm³/mol. The topological polar surface area (TPSA) is 48.2 Å². The molecule has 0 N–H and O–H groups in total. The lowest BCUT2D eigenvalue weighted by Gasteiger charge is -2.20. The Balaban J connectivity index is 2.94. The summed E-state index contributed by atoms with van der Waals surface area (Å²) in [6.07, 6.45) is 0. The van der Waals surface area contributed by atoms with Gasteiger partial charge < -0.3 is 4.72 Å². The van der Waals surface area contributed by atoms with Crippen molar-refractivity contribution in [3.05, 3.63) is 33.8 Å². The van der Waals surface area contributed by atoms with Crippen molar-refractivity contribution in [1.82, 2.24) is 0 Å². The van der Waals surface area contributed by atoms with Crippen LogP contribution in [0.15, 0.2) is 18.2 Å². The van der Waals surface area contributed by atoms with E-state index in [0.717, 1.165) is 6.07 Å². The molecule has 0 unspecified atom stereocenters. The minimum atomic E-state index is -3.46. The van der Waals surface area contributed by atoms with Crippen molar-refractivity contribution < 1.29 is 12.8 Å². The van der Waals surface area contributed by atoms with Crippen LogP contribution in [0, 0.1) is 5.82 Å². The lowest BCUT2D eigenvalue weighted by atomic mass is 10.3. The highest BCUT2D eigenvalue weighted by atomic mass is 35.5. The molecule has 0 fully saturated rings. The van der Waals surface area contributed by atoms with Crippen molar-refractivity contribution in [3.8, 4) is 0 Å². The molecule has 0 heterocycles. The second-order valence-electron chi connectivity index (χ2n) is 2.56. The van der Waals surface area contributed by atoms with E-state index >= 15 is 0 Å². The first kappa shape index (κ1) is 11.3.